The molecule has 110 valence electrons. The molecule has 0 bridgehead atoms. The van der Waals surface area contributed by atoms with Crippen LogP contribution in [0.1, 0.15) is 40.5 Å². The Balaban J connectivity index is -0.0000000450. The summed E-state index contributed by atoms with van der Waals surface area (Å²) in [6.07, 6.45) is 24.0. The van der Waals surface area contributed by atoms with Crippen LogP contribution in [-0.2, 0) is 26.2 Å². The van der Waals surface area contributed by atoms with E-state index in [1.165, 1.54) is 0 Å². The molecule has 0 heterocycles. The van der Waals surface area contributed by atoms with Gasteiger partial charge in [-0.1, -0.05) is 0 Å². The molecule has 0 N–H and O–H groups in total. The van der Waals surface area contributed by atoms with Crippen molar-refractivity contribution in [1.82, 2.24) is 0 Å². The van der Waals surface area contributed by atoms with Gasteiger partial charge in [-0.3, -0.25) is 12.2 Å². The smallest absolute Gasteiger partial charge is 1.00 e. The van der Waals surface area contributed by atoms with Crippen LogP contribution in [0.2, 0.25) is 0 Å². The molecule has 0 aromatic carbocycles. The summed E-state index contributed by atoms with van der Waals surface area (Å²) in [7, 11) is 0. The summed E-state index contributed by atoms with van der Waals surface area (Å²) in [6, 6.07) is 0. The van der Waals surface area contributed by atoms with Crippen molar-refractivity contribution in [2.45, 2.75) is 40.5 Å². The summed E-state index contributed by atoms with van der Waals surface area (Å²) in [5.74, 6) is 0. The third-order valence-electron chi connectivity index (χ3n) is 1.17. The van der Waals surface area contributed by atoms with Crippen LogP contribution in [0.4, 0.5) is 0 Å². The van der Waals surface area contributed by atoms with E-state index in [1.54, 1.807) is 0 Å². The van der Waals surface area contributed by atoms with Crippen LogP contribution in [0.3, 0.4) is 0 Å². The zero-order valence-corrected chi connectivity index (χ0v) is 16.3. The van der Waals surface area contributed by atoms with Gasteiger partial charge in [0.15, 0.2) is 0 Å². The standard InChI is InChI=1S/2C5H5.2C3H7.2ClH.Zr/c2*1-2-4-5-3-1;2*1-3-2;;;/h2*1-3H,4H2;2*3H,1-2H3;2*1H;/q4*-1;;;+2/p-2. The van der Waals surface area contributed by atoms with Crippen LogP contribution in [0.25, 0.3) is 0 Å². The van der Waals surface area contributed by atoms with Crippen molar-refractivity contribution in [3.63, 3.8) is 0 Å². The molecule has 0 saturated carbocycles. The first-order valence-electron chi connectivity index (χ1n) is 5.74. The van der Waals surface area contributed by atoms with Crippen LogP contribution in [-0.4, -0.2) is 0 Å². The van der Waals surface area contributed by atoms with Crippen molar-refractivity contribution in [1.29, 1.82) is 0 Å². The van der Waals surface area contributed by atoms with Crippen LogP contribution in [0.15, 0.2) is 36.5 Å². The van der Waals surface area contributed by atoms with Crippen LogP contribution >= 0.6 is 0 Å². The molecule has 3 heteroatoms. The van der Waals surface area contributed by atoms with E-state index in [-0.39, 0.29) is 51.0 Å². The minimum Gasteiger partial charge on any atom is -1.00 e. The van der Waals surface area contributed by atoms with Gasteiger partial charge in [0.25, 0.3) is 0 Å². The molecule has 2 aliphatic carbocycles. The fourth-order valence-corrected chi connectivity index (χ4v) is 0.680. The maximum absolute atomic E-state index is 2.99. The molecule has 2 rings (SSSR count). The number of hydrogen-bond donors (Lipinski definition) is 0. The Morgan fingerprint density at radius 2 is 1.00 bits per heavy atom. The molecular weight excluding hydrogens is 354 g/mol. The molecule has 0 aliphatic heterocycles. The van der Waals surface area contributed by atoms with E-state index in [2.05, 4.69) is 24.3 Å². The molecule has 2 aliphatic rings. The van der Waals surface area contributed by atoms with E-state index in [0.717, 1.165) is 12.8 Å². The summed E-state index contributed by atoms with van der Waals surface area (Å²) < 4.78 is 0. The molecule has 0 aromatic heterocycles. The molecule has 0 atom stereocenters. The normalized spacial score (nSPS) is 11.2. The van der Waals surface area contributed by atoms with Gasteiger partial charge in [0.2, 0.25) is 0 Å². The molecule has 0 saturated heterocycles. The third kappa shape index (κ3) is 45.7. The van der Waals surface area contributed by atoms with Gasteiger partial charge in [-0.15, -0.1) is 12.8 Å². The SMILES string of the molecule is C[CH-]C.C[CH-]C.[C-]1=CC=CC1.[C-]1=CC=CC1.[Cl-].[Cl-].[Zr+2]. The topological polar surface area (TPSA) is 0 Å². The van der Waals surface area contributed by atoms with Crippen molar-refractivity contribution >= 4 is 0 Å². The van der Waals surface area contributed by atoms with E-state index in [4.69, 9.17) is 0 Å². The van der Waals surface area contributed by atoms with Gasteiger partial charge >= 0.3 is 26.2 Å². The predicted octanol–water partition coefficient (Wildman–Crippen LogP) is -0.922. The van der Waals surface area contributed by atoms with E-state index in [9.17, 15) is 0 Å². The summed E-state index contributed by atoms with van der Waals surface area (Å²) >= 11 is 0. The first-order chi connectivity index (χ1) is 7.83. The molecule has 0 radical (unpaired) electrons. The molecule has 0 spiro atoms. The summed E-state index contributed by atoms with van der Waals surface area (Å²) in [5.41, 5.74) is 0. The fourth-order valence-electron chi connectivity index (χ4n) is 0.680. The predicted molar refractivity (Wildman–Crippen MR) is 74.4 cm³/mol. The zero-order chi connectivity index (χ0) is 12.5. The number of hydrogen-bond acceptors (Lipinski definition) is 0. The minimum absolute atomic E-state index is 0. The molecule has 19 heavy (non-hydrogen) atoms. The van der Waals surface area contributed by atoms with Crippen LogP contribution in [0, 0.1) is 25.0 Å². The number of halogens is 2. The molecule has 0 unspecified atom stereocenters. The number of allylic oxidation sites excluding steroid dienone is 8. The molecule has 0 aromatic rings. The van der Waals surface area contributed by atoms with Crippen molar-refractivity contribution in [3.8, 4) is 0 Å². The Labute approximate surface area is 152 Å². The second-order valence-electron chi connectivity index (χ2n) is 3.16. The maximum atomic E-state index is 2.99. The van der Waals surface area contributed by atoms with Crippen molar-refractivity contribution in [3.05, 3.63) is 61.4 Å². The van der Waals surface area contributed by atoms with E-state index in [1.807, 2.05) is 64.8 Å². The van der Waals surface area contributed by atoms with Crippen LogP contribution < -0.4 is 24.8 Å². The molecule has 0 fully saturated rings. The zero-order valence-electron chi connectivity index (χ0n) is 12.3. The first kappa shape index (κ1) is 31.7. The summed E-state index contributed by atoms with van der Waals surface area (Å²) in [4.78, 5) is 0. The van der Waals surface area contributed by atoms with Gasteiger partial charge in [0.1, 0.15) is 0 Å². The van der Waals surface area contributed by atoms with Crippen LogP contribution in [0.5, 0.6) is 0 Å². The molecule has 0 nitrogen and oxygen atoms in total. The number of rotatable bonds is 0. The average molecular weight is 378 g/mol. The van der Waals surface area contributed by atoms with Gasteiger partial charge in [-0.25, -0.2) is 24.3 Å². The third-order valence-corrected chi connectivity index (χ3v) is 1.17. The Morgan fingerprint density at radius 3 is 1.05 bits per heavy atom. The largest absolute Gasteiger partial charge is 2.00 e. The Kier molecular flexibility index (Phi) is 60.4. The van der Waals surface area contributed by atoms with Gasteiger partial charge in [0.05, 0.1) is 0 Å². The van der Waals surface area contributed by atoms with Gasteiger partial charge < -0.3 is 37.7 Å². The van der Waals surface area contributed by atoms with Gasteiger partial charge in [-0.05, 0) is 0 Å². The second-order valence-corrected chi connectivity index (χ2v) is 3.16. The van der Waals surface area contributed by atoms with Gasteiger partial charge in [-0.2, -0.15) is 39.8 Å². The fraction of sp³-hybridized carbons (Fsp3) is 0.375. The summed E-state index contributed by atoms with van der Waals surface area (Å²) in [6.45, 7) is 8.00. The Bertz CT molecular complexity index is 175. The van der Waals surface area contributed by atoms with E-state index in [0.29, 0.717) is 0 Å². The first-order valence-corrected chi connectivity index (χ1v) is 5.74. The average Bonchev–Trinajstić information content (AvgIpc) is 3.00. The van der Waals surface area contributed by atoms with Crippen molar-refractivity contribution in [2.24, 2.45) is 0 Å². The van der Waals surface area contributed by atoms with E-state index >= 15 is 0 Å². The monoisotopic (exact) mass is 376 g/mol. The molecule has 0 amide bonds. The van der Waals surface area contributed by atoms with E-state index < -0.39 is 0 Å². The Morgan fingerprint density at radius 1 is 0.737 bits per heavy atom. The molecular formula is C16H24Cl2Zr-4. The van der Waals surface area contributed by atoms with Crippen molar-refractivity contribution in [2.75, 3.05) is 0 Å². The second kappa shape index (κ2) is 36.2. The summed E-state index contributed by atoms with van der Waals surface area (Å²) in [5, 5.41) is 0. The minimum atomic E-state index is 0. The quantitative estimate of drug-likeness (QED) is 0.479. The Hall–Kier alpha value is 0.423. The van der Waals surface area contributed by atoms with Gasteiger partial charge in [0, 0.05) is 0 Å². The van der Waals surface area contributed by atoms with Crippen molar-refractivity contribution < 1.29 is 51.0 Å². The maximum Gasteiger partial charge on any atom is 2.00 e.